The molecule has 0 unspecified atom stereocenters. The number of benzene rings is 2. The second-order valence-corrected chi connectivity index (χ2v) is 14.3. The Labute approximate surface area is 288 Å². The first-order valence-electron chi connectivity index (χ1n) is 16.3. The number of nitrogen functional groups attached to an aromatic ring is 2. The third-order valence-corrected chi connectivity index (χ3v) is 10.3. The van der Waals surface area contributed by atoms with E-state index >= 15 is 35.1 Å². The summed E-state index contributed by atoms with van der Waals surface area (Å²) in [6, 6.07) is 0.540. The maximum Gasteiger partial charge on any atom is 0.385 e. The Morgan fingerprint density at radius 1 is 0.442 bits per heavy atom. The third-order valence-electron chi connectivity index (χ3n) is 10.3. The monoisotopic (exact) mass is 776 g/mol. The molecule has 0 bridgehead atoms. The highest BCUT2D eigenvalue weighted by Crippen LogP contribution is 2.66. The molecule has 2 aliphatic rings. The van der Waals surface area contributed by atoms with Crippen LogP contribution in [0, 0.1) is 0 Å². The summed E-state index contributed by atoms with van der Waals surface area (Å²) in [4.78, 5) is 0. The maximum absolute atomic E-state index is 15.4. The topological polar surface area (TPSA) is 52.0 Å². The van der Waals surface area contributed by atoms with Crippen LogP contribution in [0.1, 0.15) is 123 Å². The molecule has 0 atom stereocenters. The minimum atomic E-state index is -8.53. The molecule has 18 heteroatoms. The summed E-state index contributed by atoms with van der Waals surface area (Å²) in [7, 11) is 0. The van der Waals surface area contributed by atoms with Crippen molar-refractivity contribution in [2.75, 3.05) is 11.5 Å². The van der Waals surface area contributed by atoms with E-state index in [0.717, 1.165) is 0 Å². The largest absolute Gasteiger partial charge is 0.398 e. The molecule has 2 aromatic carbocycles. The summed E-state index contributed by atoms with van der Waals surface area (Å²) in [6.07, 6.45) is 1.98. The molecule has 2 saturated carbocycles. The normalized spacial score (nSPS) is 17.9. The van der Waals surface area contributed by atoms with E-state index in [4.69, 9.17) is 11.5 Å². The lowest BCUT2D eigenvalue weighted by molar-refractivity contribution is -0.456. The summed E-state index contributed by atoms with van der Waals surface area (Å²) >= 11 is 0. The van der Waals surface area contributed by atoms with Crippen LogP contribution in [0.4, 0.5) is 81.6 Å². The number of hydrogen-bond donors (Lipinski definition) is 2. The molecular formula is C34H36F16N2. The van der Waals surface area contributed by atoms with E-state index in [9.17, 15) is 35.1 Å². The molecule has 4 rings (SSSR count). The Balaban J connectivity index is 1.82. The van der Waals surface area contributed by atoms with Crippen LogP contribution in [0.5, 0.6) is 0 Å². The van der Waals surface area contributed by atoms with Gasteiger partial charge >= 0.3 is 47.4 Å². The van der Waals surface area contributed by atoms with E-state index in [0.29, 0.717) is 12.8 Å². The number of hydrogen-bond acceptors (Lipinski definition) is 2. The van der Waals surface area contributed by atoms with Gasteiger partial charge in [0.1, 0.15) is 0 Å². The molecule has 0 amide bonds. The van der Waals surface area contributed by atoms with Crippen LogP contribution in [0.15, 0.2) is 24.3 Å². The zero-order valence-corrected chi connectivity index (χ0v) is 28.1. The van der Waals surface area contributed by atoms with Crippen molar-refractivity contribution in [3.63, 3.8) is 0 Å². The predicted octanol–water partition coefficient (Wildman–Crippen LogP) is 12.3. The lowest BCUT2D eigenvalue weighted by Gasteiger charge is -2.44. The highest BCUT2D eigenvalue weighted by atomic mass is 19.4. The number of halogens is 16. The molecule has 0 saturated heterocycles. The Morgan fingerprint density at radius 3 is 0.904 bits per heavy atom. The van der Waals surface area contributed by atoms with E-state index in [2.05, 4.69) is 0 Å². The molecule has 2 nitrogen and oxygen atoms in total. The summed E-state index contributed by atoms with van der Waals surface area (Å²) in [5, 5.41) is 0. The van der Waals surface area contributed by atoms with Gasteiger partial charge in [-0.05, 0) is 95.9 Å². The summed E-state index contributed by atoms with van der Waals surface area (Å²) in [5.74, 6) is -65.4. The molecule has 0 aromatic heterocycles. The fourth-order valence-corrected chi connectivity index (χ4v) is 6.38. The van der Waals surface area contributed by atoms with Gasteiger partial charge in [-0.2, -0.15) is 70.2 Å². The standard InChI is InChI=1S/C34H36F16N2/c1-15(2)21-11-19(13-23(25(21)51)17-7-5-8-17)27(35,36)29(39,40)31(43,44)33(47,48)34(49,50)32(45,46)30(41,42)28(37,38)20-12-22(16(3)4)26(52)24(14-20)18-9-6-10-18/h11-18H,5-10,51-52H2,1-4H3. The smallest absolute Gasteiger partial charge is 0.385 e. The zero-order valence-electron chi connectivity index (χ0n) is 28.1. The van der Waals surface area contributed by atoms with E-state index in [1.165, 1.54) is 27.7 Å². The zero-order chi connectivity index (χ0) is 40.0. The van der Waals surface area contributed by atoms with E-state index < -0.39 is 82.2 Å². The van der Waals surface area contributed by atoms with Gasteiger partial charge in [-0.3, -0.25) is 0 Å². The number of alkyl halides is 16. The second-order valence-electron chi connectivity index (χ2n) is 14.3. The molecule has 0 radical (unpaired) electrons. The van der Waals surface area contributed by atoms with Gasteiger partial charge in [0.05, 0.1) is 0 Å². The van der Waals surface area contributed by atoms with E-state index in [-0.39, 0.29) is 83.6 Å². The summed E-state index contributed by atoms with van der Waals surface area (Å²) in [5.41, 5.74) is 5.78. The van der Waals surface area contributed by atoms with Crippen molar-refractivity contribution >= 4 is 11.4 Å². The van der Waals surface area contributed by atoms with Crippen molar-refractivity contribution in [2.24, 2.45) is 0 Å². The molecule has 0 spiro atoms. The van der Waals surface area contributed by atoms with E-state index in [1.54, 1.807) is 0 Å². The van der Waals surface area contributed by atoms with Crippen LogP contribution in [0.25, 0.3) is 0 Å². The first-order chi connectivity index (χ1) is 23.4. The molecule has 2 aliphatic carbocycles. The first-order valence-corrected chi connectivity index (χ1v) is 16.3. The maximum atomic E-state index is 15.4. The highest BCUT2D eigenvalue weighted by Gasteiger charge is 2.95. The predicted molar refractivity (Wildman–Crippen MR) is 161 cm³/mol. The first kappa shape index (κ1) is 41.7. The lowest BCUT2D eigenvalue weighted by atomic mass is 9.76. The van der Waals surface area contributed by atoms with Crippen molar-refractivity contribution in [3.05, 3.63) is 57.6 Å². The lowest BCUT2D eigenvalue weighted by Crippen LogP contribution is -2.74. The van der Waals surface area contributed by atoms with Crippen molar-refractivity contribution in [2.45, 2.75) is 137 Å². The van der Waals surface area contributed by atoms with Gasteiger partial charge in [-0.25, -0.2) is 0 Å². The van der Waals surface area contributed by atoms with E-state index in [1.807, 2.05) is 0 Å². The van der Waals surface area contributed by atoms with Crippen LogP contribution in [-0.4, -0.2) is 35.5 Å². The summed E-state index contributed by atoms with van der Waals surface area (Å²) < 4.78 is 242. The van der Waals surface area contributed by atoms with Gasteiger partial charge < -0.3 is 11.5 Å². The Kier molecular flexibility index (Phi) is 10.2. The average molecular weight is 777 g/mol. The number of nitrogens with two attached hydrogens (primary N) is 2. The molecule has 4 N–H and O–H groups in total. The van der Waals surface area contributed by atoms with Gasteiger partial charge in [0.25, 0.3) is 0 Å². The van der Waals surface area contributed by atoms with Crippen molar-refractivity contribution in [1.29, 1.82) is 0 Å². The molecule has 294 valence electrons. The van der Waals surface area contributed by atoms with Crippen LogP contribution >= 0.6 is 0 Å². The number of anilines is 2. The molecule has 52 heavy (non-hydrogen) atoms. The SMILES string of the molecule is CC(C)c1cc(C(F)(F)C(F)(F)C(F)(F)C(F)(F)C(F)(F)C(F)(F)C(F)(F)C(F)(F)c2cc(C(C)C)c(N)c(C3CCC3)c2)cc(C2CCC2)c1N. The van der Waals surface area contributed by atoms with Crippen LogP contribution in [0.2, 0.25) is 0 Å². The Morgan fingerprint density at radius 2 is 0.692 bits per heavy atom. The fraction of sp³-hybridized carbons (Fsp3) is 0.647. The Hall–Kier alpha value is -3.08. The molecule has 2 fully saturated rings. The molecule has 0 heterocycles. The van der Waals surface area contributed by atoms with Crippen LogP contribution in [0.3, 0.4) is 0 Å². The third kappa shape index (κ3) is 5.69. The van der Waals surface area contributed by atoms with Crippen LogP contribution in [-0.2, 0) is 11.8 Å². The van der Waals surface area contributed by atoms with Crippen LogP contribution < -0.4 is 11.5 Å². The van der Waals surface area contributed by atoms with Crippen molar-refractivity contribution < 1.29 is 70.2 Å². The number of rotatable bonds is 13. The molecular weight excluding hydrogens is 740 g/mol. The summed E-state index contributed by atoms with van der Waals surface area (Å²) in [6.45, 7) is 5.17. The minimum absolute atomic E-state index is 0.113. The fourth-order valence-electron chi connectivity index (χ4n) is 6.38. The highest BCUT2D eigenvalue weighted by molar-refractivity contribution is 5.61. The van der Waals surface area contributed by atoms with Gasteiger partial charge in [0.2, 0.25) is 0 Å². The Bertz CT molecular complexity index is 1540. The molecule has 2 aromatic rings. The van der Waals surface area contributed by atoms with Gasteiger partial charge in [-0.1, -0.05) is 40.5 Å². The minimum Gasteiger partial charge on any atom is -0.398 e. The second kappa shape index (κ2) is 12.8. The van der Waals surface area contributed by atoms with Gasteiger partial charge in [0.15, 0.2) is 0 Å². The van der Waals surface area contributed by atoms with Gasteiger partial charge in [-0.15, -0.1) is 0 Å². The molecule has 0 aliphatic heterocycles. The van der Waals surface area contributed by atoms with Gasteiger partial charge in [0, 0.05) is 22.5 Å². The quantitative estimate of drug-likeness (QED) is 0.157. The average Bonchev–Trinajstić information content (AvgIpc) is 2.95. The van der Waals surface area contributed by atoms with Crippen molar-refractivity contribution in [3.8, 4) is 0 Å². The van der Waals surface area contributed by atoms with Crippen molar-refractivity contribution in [1.82, 2.24) is 0 Å².